The van der Waals surface area contributed by atoms with Gasteiger partial charge in [-0.2, -0.15) is 0 Å². The normalized spacial score (nSPS) is 41.8. The average molecular weight is 251 g/mol. The van der Waals surface area contributed by atoms with Crippen molar-refractivity contribution >= 4 is 5.71 Å². The monoisotopic (exact) mass is 251 g/mol. The van der Waals surface area contributed by atoms with E-state index in [4.69, 9.17) is 0 Å². The lowest BCUT2D eigenvalue weighted by molar-refractivity contribution is -0.941. The number of fused-ring (bicyclic) bond motifs is 2. The molecule has 3 aliphatic rings. The molecule has 3 fully saturated rings. The van der Waals surface area contributed by atoms with Crippen LogP contribution in [0.3, 0.4) is 0 Å². The van der Waals surface area contributed by atoms with Gasteiger partial charge in [0, 0.05) is 12.3 Å². The number of rotatable bonds is 1. The molecule has 1 N–H and O–H groups in total. The van der Waals surface area contributed by atoms with Gasteiger partial charge in [0.1, 0.15) is 0 Å². The fourth-order valence-corrected chi connectivity index (χ4v) is 4.91. The van der Waals surface area contributed by atoms with Gasteiger partial charge in [-0.15, -0.1) is 0 Å². The number of oxime groups is 1. The fraction of sp³-hybridized carbons (Fsp3) is 0.933. The molecule has 0 radical (unpaired) electrons. The molecule has 2 aliphatic carbocycles. The van der Waals surface area contributed by atoms with Crippen molar-refractivity contribution in [3.63, 3.8) is 0 Å². The van der Waals surface area contributed by atoms with Crippen LogP contribution in [0.2, 0.25) is 0 Å². The number of piperidine rings is 1. The minimum absolute atomic E-state index is 0.575. The summed E-state index contributed by atoms with van der Waals surface area (Å²) in [6, 6.07) is 0.729. The van der Waals surface area contributed by atoms with E-state index in [-0.39, 0.29) is 0 Å². The molecule has 0 spiro atoms. The van der Waals surface area contributed by atoms with E-state index in [2.05, 4.69) is 12.2 Å². The van der Waals surface area contributed by atoms with E-state index in [1.807, 2.05) is 0 Å². The van der Waals surface area contributed by atoms with Crippen molar-refractivity contribution in [2.24, 2.45) is 17.0 Å². The number of nitrogens with zero attached hydrogens (tertiary/aromatic N) is 2. The van der Waals surface area contributed by atoms with Crippen LogP contribution in [-0.4, -0.2) is 41.6 Å². The third-order valence-electron chi connectivity index (χ3n) is 5.90. The van der Waals surface area contributed by atoms with Crippen LogP contribution >= 0.6 is 0 Å². The molecule has 2 saturated carbocycles. The third-order valence-corrected chi connectivity index (χ3v) is 5.90. The predicted molar refractivity (Wildman–Crippen MR) is 72.8 cm³/mol. The predicted octanol–water partition coefficient (Wildman–Crippen LogP) is 3.03. The Morgan fingerprint density at radius 3 is 2.50 bits per heavy atom. The van der Waals surface area contributed by atoms with E-state index in [0.717, 1.165) is 11.8 Å². The van der Waals surface area contributed by atoms with Crippen LogP contribution in [0.1, 0.15) is 51.4 Å². The Morgan fingerprint density at radius 2 is 1.78 bits per heavy atom. The maximum atomic E-state index is 9.38. The first kappa shape index (κ1) is 12.5. The van der Waals surface area contributed by atoms with E-state index >= 15 is 0 Å². The van der Waals surface area contributed by atoms with Gasteiger partial charge in [0.05, 0.1) is 37.8 Å². The second-order valence-electron chi connectivity index (χ2n) is 6.89. The van der Waals surface area contributed by atoms with E-state index in [9.17, 15) is 5.21 Å². The summed E-state index contributed by atoms with van der Waals surface area (Å²) in [6.45, 7) is 2.68. The first-order chi connectivity index (χ1) is 8.74. The van der Waals surface area contributed by atoms with Crippen molar-refractivity contribution in [3.8, 4) is 0 Å². The van der Waals surface area contributed by atoms with Gasteiger partial charge in [-0.25, -0.2) is 0 Å². The van der Waals surface area contributed by atoms with Gasteiger partial charge in [0.15, 0.2) is 0 Å². The van der Waals surface area contributed by atoms with Crippen LogP contribution in [0.5, 0.6) is 0 Å². The Hall–Kier alpha value is -0.570. The molecular weight excluding hydrogens is 224 g/mol. The summed E-state index contributed by atoms with van der Waals surface area (Å²) >= 11 is 0. The van der Waals surface area contributed by atoms with Crippen LogP contribution in [0.25, 0.3) is 0 Å². The molecule has 3 atom stereocenters. The summed E-state index contributed by atoms with van der Waals surface area (Å²) in [5.41, 5.74) is 1.16. The highest BCUT2D eigenvalue weighted by Gasteiger charge is 2.48. The van der Waals surface area contributed by atoms with Crippen molar-refractivity contribution in [3.05, 3.63) is 0 Å². The summed E-state index contributed by atoms with van der Waals surface area (Å²) in [7, 11) is 2.45. The molecule has 1 aliphatic heterocycles. The zero-order valence-corrected chi connectivity index (χ0v) is 11.6. The van der Waals surface area contributed by atoms with Crippen molar-refractivity contribution < 1.29 is 9.69 Å². The Morgan fingerprint density at radius 1 is 1.00 bits per heavy atom. The second-order valence-corrected chi connectivity index (χ2v) is 6.89. The summed E-state index contributed by atoms with van der Waals surface area (Å²) in [5, 5.41) is 13.1. The minimum atomic E-state index is 0.575. The highest BCUT2D eigenvalue weighted by molar-refractivity contribution is 5.90. The lowest BCUT2D eigenvalue weighted by Crippen LogP contribution is -2.61. The van der Waals surface area contributed by atoms with Crippen LogP contribution < -0.4 is 0 Å². The second kappa shape index (κ2) is 4.84. The smallest absolute Gasteiger partial charge is 0.0971 e. The summed E-state index contributed by atoms with van der Waals surface area (Å²) in [6.07, 6.45) is 10.6. The Bertz CT molecular complexity index is 333. The quantitative estimate of drug-likeness (QED) is 0.434. The third kappa shape index (κ3) is 1.97. The van der Waals surface area contributed by atoms with Gasteiger partial charge in [0.2, 0.25) is 0 Å². The fourth-order valence-electron chi connectivity index (χ4n) is 4.91. The van der Waals surface area contributed by atoms with Gasteiger partial charge in [-0.3, -0.25) is 0 Å². The zero-order valence-electron chi connectivity index (χ0n) is 11.6. The summed E-state index contributed by atoms with van der Waals surface area (Å²) < 4.78 is 1.25. The maximum Gasteiger partial charge on any atom is 0.0971 e. The van der Waals surface area contributed by atoms with E-state index in [1.165, 1.54) is 68.9 Å². The molecule has 3 nitrogen and oxygen atoms in total. The van der Waals surface area contributed by atoms with Crippen LogP contribution in [-0.2, 0) is 0 Å². The first-order valence-corrected chi connectivity index (χ1v) is 7.81. The highest BCUT2D eigenvalue weighted by atomic mass is 16.4. The maximum absolute atomic E-state index is 9.38. The van der Waals surface area contributed by atoms with Crippen molar-refractivity contribution in [2.45, 2.75) is 57.4 Å². The minimum Gasteiger partial charge on any atom is -0.411 e. The van der Waals surface area contributed by atoms with Crippen LogP contribution in [0, 0.1) is 11.8 Å². The molecule has 18 heavy (non-hydrogen) atoms. The topological polar surface area (TPSA) is 32.6 Å². The first-order valence-electron chi connectivity index (χ1n) is 7.81. The molecule has 0 aromatic carbocycles. The molecule has 0 amide bonds. The lowest BCUT2D eigenvalue weighted by atomic mass is 9.67. The SMILES string of the molecule is C[N+]1([C@H]2CC[C@@H]3CCC[C@H]2C3=NO)CCCCC1. The molecule has 102 valence electrons. The lowest BCUT2D eigenvalue weighted by Gasteiger charge is -2.51. The zero-order chi connectivity index (χ0) is 12.6. The Balaban J connectivity index is 1.83. The number of hydrogen-bond acceptors (Lipinski definition) is 2. The van der Waals surface area contributed by atoms with E-state index in [0.29, 0.717) is 11.8 Å². The molecule has 3 heteroatoms. The number of hydrogen-bond donors (Lipinski definition) is 1. The average Bonchev–Trinajstić information content (AvgIpc) is 2.38. The van der Waals surface area contributed by atoms with Gasteiger partial charge in [0.25, 0.3) is 0 Å². The molecule has 0 unspecified atom stereocenters. The largest absolute Gasteiger partial charge is 0.411 e. The van der Waals surface area contributed by atoms with Gasteiger partial charge in [-0.1, -0.05) is 11.6 Å². The van der Waals surface area contributed by atoms with Crippen molar-refractivity contribution in [1.29, 1.82) is 0 Å². The van der Waals surface area contributed by atoms with Gasteiger partial charge >= 0.3 is 0 Å². The van der Waals surface area contributed by atoms with E-state index < -0.39 is 0 Å². The number of quaternary nitrogens is 1. The van der Waals surface area contributed by atoms with Gasteiger partial charge < -0.3 is 9.69 Å². The van der Waals surface area contributed by atoms with E-state index in [1.54, 1.807) is 0 Å². The Kier molecular flexibility index (Phi) is 3.35. The van der Waals surface area contributed by atoms with Crippen LogP contribution in [0.4, 0.5) is 0 Å². The Labute approximate surface area is 110 Å². The van der Waals surface area contributed by atoms with Gasteiger partial charge in [-0.05, 0) is 38.5 Å². The van der Waals surface area contributed by atoms with Crippen molar-refractivity contribution in [1.82, 2.24) is 0 Å². The summed E-state index contributed by atoms with van der Waals surface area (Å²) in [5.74, 6) is 1.17. The standard InChI is InChI=1S/C15H26N2O/c1-17(10-3-2-4-11-17)14-9-8-12-6-5-7-13(14)15(12)16-18/h12-14H,2-11H2,1H3/p+1/t12-,13+,14-/m0/s1. The molecule has 2 bridgehead atoms. The molecule has 0 aromatic rings. The molecule has 1 saturated heterocycles. The van der Waals surface area contributed by atoms with Crippen molar-refractivity contribution in [2.75, 3.05) is 20.1 Å². The summed E-state index contributed by atoms with van der Waals surface area (Å²) in [4.78, 5) is 0. The molecular formula is C15H27N2O+. The highest BCUT2D eigenvalue weighted by Crippen LogP contribution is 2.42. The molecule has 1 heterocycles. The van der Waals surface area contributed by atoms with Crippen LogP contribution in [0.15, 0.2) is 5.16 Å². The number of likely N-dealkylation sites (tertiary alicyclic amines) is 1. The molecule has 0 aromatic heterocycles. The molecule has 3 rings (SSSR count).